The fourth-order valence-electron chi connectivity index (χ4n) is 2.73. The molecule has 1 heterocycles. The molecular weight excluding hydrogens is 214 g/mol. The fraction of sp³-hybridized carbons (Fsp3) is 0.714. The highest BCUT2D eigenvalue weighted by Gasteiger charge is 2.17. The Morgan fingerprint density at radius 3 is 2.94 bits per heavy atom. The lowest BCUT2D eigenvalue weighted by molar-refractivity contribution is 0.407. The third kappa shape index (κ3) is 3.91. The maximum atomic E-state index is 3.65. The Morgan fingerprint density at radius 2 is 2.25 bits per heavy atom. The van der Waals surface area contributed by atoms with Crippen molar-refractivity contribution in [2.24, 2.45) is 5.92 Å². The van der Waals surface area contributed by atoms with Gasteiger partial charge in [0, 0.05) is 17.5 Å². The minimum absolute atomic E-state index is 0.697. The molecule has 2 rings (SSSR count). The van der Waals surface area contributed by atoms with Gasteiger partial charge in [0.2, 0.25) is 0 Å². The molecule has 1 saturated carbocycles. The number of rotatable bonds is 6. The van der Waals surface area contributed by atoms with Crippen molar-refractivity contribution in [3.8, 4) is 0 Å². The predicted octanol–water partition coefficient (Wildman–Crippen LogP) is 3.85. The van der Waals surface area contributed by atoms with Crippen molar-refractivity contribution >= 4 is 11.3 Å². The van der Waals surface area contributed by atoms with Crippen LogP contribution in [0, 0.1) is 5.92 Å². The topological polar surface area (TPSA) is 12.0 Å². The minimum atomic E-state index is 0.697. The van der Waals surface area contributed by atoms with Gasteiger partial charge in [-0.2, -0.15) is 0 Å². The molecule has 16 heavy (non-hydrogen) atoms. The van der Waals surface area contributed by atoms with E-state index in [1.807, 2.05) is 11.3 Å². The van der Waals surface area contributed by atoms with Gasteiger partial charge in [-0.25, -0.2) is 0 Å². The molecule has 0 bridgehead atoms. The van der Waals surface area contributed by atoms with Crippen molar-refractivity contribution in [1.29, 1.82) is 0 Å². The van der Waals surface area contributed by atoms with Gasteiger partial charge in [-0.15, -0.1) is 11.3 Å². The van der Waals surface area contributed by atoms with E-state index in [1.165, 1.54) is 43.4 Å². The summed E-state index contributed by atoms with van der Waals surface area (Å²) in [5.74, 6) is 1.00. The molecular formula is C14H23NS. The van der Waals surface area contributed by atoms with Crippen molar-refractivity contribution in [2.45, 2.75) is 51.5 Å². The Bertz CT molecular complexity index is 275. The molecule has 1 nitrogen and oxygen atoms in total. The van der Waals surface area contributed by atoms with Crippen LogP contribution in [0.2, 0.25) is 0 Å². The van der Waals surface area contributed by atoms with Crippen LogP contribution in [0.25, 0.3) is 0 Å². The number of nitrogens with one attached hydrogen (secondary N) is 1. The lowest BCUT2D eigenvalue weighted by Crippen LogP contribution is -2.29. The molecule has 1 atom stereocenters. The van der Waals surface area contributed by atoms with E-state index < -0.39 is 0 Å². The van der Waals surface area contributed by atoms with E-state index >= 15 is 0 Å². The van der Waals surface area contributed by atoms with Crippen molar-refractivity contribution in [3.63, 3.8) is 0 Å². The third-order valence-electron chi connectivity index (χ3n) is 3.61. The van der Waals surface area contributed by atoms with E-state index in [-0.39, 0.29) is 0 Å². The van der Waals surface area contributed by atoms with Crippen molar-refractivity contribution in [3.05, 3.63) is 22.4 Å². The first-order valence-electron chi connectivity index (χ1n) is 6.60. The van der Waals surface area contributed by atoms with E-state index in [0.717, 1.165) is 12.5 Å². The molecule has 0 spiro atoms. The molecule has 1 aromatic rings. The standard InChI is InChI=1S/C14H23NS/c1-12(11-13-5-2-3-6-13)15-9-8-14-7-4-10-16-14/h4,7,10,12-13,15H,2-3,5-6,8-9,11H2,1H3. The second kappa shape index (κ2) is 6.41. The molecule has 0 aliphatic heterocycles. The quantitative estimate of drug-likeness (QED) is 0.792. The zero-order valence-corrected chi connectivity index (χ0v) is 11.1. The van der Waals surface area contributed by atoms with Gasteiger partial charge in [0.25, 0.3) is 0 Å². The highest BCUT2D eigenvalue weighted by molar-refractivity contribution is 7.09. The van der Waals surface area contributed by atoms with E-state index in [2.05, 4.69) is 29.8 Å². The second-order valence-electron chi connectivity index (χ2n) is 5.07. The van der Waals surface area contributed by atoms with Crippen molar-refractivity contribution < 1.29 is 0 Å². The smallest absolute Gasteiger partial charge is 0.00578 e. The fourth-order valence-corrected chi connectivity index (χ4v) is 3.43. The van der Waals surface area contributed by atoms with E-state index in [4.69, 9.17) is 0 Å². The first-order valence-corrected chi connectivity index (χ1v) is 7.48. The highest BCUT2D eigenvalue weighted by Crippen LogP contribution is 2.28. The molecule has 0 amide bonds. The average molecular weight is 237 g/mol. The maximum Gasteiger partial charge on any atom is 0.00578 e. The second-order valence-corrected chi connectivity index (χ2v) is 6.10. The van der Waals surface area contributed by atoms with E-state index in [1.54, 1.807) is 0 Å². The highest BCUT2D eigenvalue weighted by atomic mass is 32.1. The Labute approximate surface area is 103 Å². The number of thiophene rings is 1. The maximum absolute atomic E-state index is 3.65. The van der Waals surface area contributed by atoms with Crippen molar-refractivity contribution in [1.82, 2.24) is 5.32 Å². The van der Waals surface area contributed by atoms with Crippen LogP contribution in [0.15, 0.2) is 17.5 Å². The summed E-state index contributed by atoms with van der Waals surface area (Å²) >= 11 is 1.87. The summed E-state index contributed by atoms with van der Waals surface area (Å²) < 4.78 is 0. The molecule has 1 aliphatic carbocycles. The molecule has 1 N–H and O–H groups in total. The lowest BCUT2D eigenvalue weighted by Gasteiger charge is -2.17. The molecule has 90 valence electrons. The molecule has 0 radical (unpaired) electrons. The third-order valence-corrected chi connectivity index (χ3v) is 4.54. The van der Waals surface area contributed by atoms with Gasteiger partial charge in [-0.1, -0.05) is 31.7 Å². The monoisotopic (exact) mass is 237 g/mol. The van der Waals surface area contributed by atoms with Crippen LogP contribution in [0.1, 0.15) is 43.9 Å². The zero-order chi connectivity index (χ0) is 11.2. The summed E-state index contributed by atoms with van der Waals surface area (Å²) in [4.78, 5) is 1.50. The molecule has 1 aromatic heterocycles. The van der Waals surface area contributed by atoms with Gasteiger partial charge >= 0.3 is 0 Å². The summed E-state index contributed by atoms with van der Waals surface area (Å²) in [6.45, 7) is 3.47. The van der Waals surface area contributed by atoms with Crippen molar-refractivity contribution in [2.75, 3.05) is 6.54 Å². The summed E-state index contributed by atoms with van der Waals surface area (Å²) in [5, 5.41) is 5.82. The summed E-state index contributed by atoms with van der Waals surface area (Å²) in [6.07, 6.45) is 8.43. The van der Waals surface area contributed by atoms with Gasteiger partial charge in [0.1, 0.15) is 0 Å². The summed E-state index contributed by atoms with van der Waals surface area (Å²) in [5.41, 5.74) is 0. The van der Waals surface area contributed by atoms with Gasteiger partial charge < -0.3 is 5.32 Å². The molecule has 2 heteroatoms. The minimum Gasteiger partial charge on any atom is -0.314 e. The van der Waals surface area contributed by atoms with Crippen LogP contribution in [0.5, 0.6) is 0 Å². The number of hydrogen-bond acceptors (Lipinski definition) is 2. The van der Waals surface area contributed by atoms with Gasteiger partial charge in [0.15, 0.2) is 0 Å². The normalized spacial score (nSPS) is 19.1. The van der Waals surface area contributed by atoms with Crippen LogP contribution in [0.3, 0.4) is 0 Å². The molecule has 1 fully saturated rings. The molecule has 1 aliphatic rings. The Kier molecular flexibility index (Phi) is 4.86. The van der Waals surface area contributed by atoms with Crippen LogP contribution in [-0.4, -0.2) is 12.6 Å². The van der Waals surface area contributed by atoms with Crippen LogP contribution in [0.4, 0.5) is 0 Å². The summed E-state index contributed by atoms with van der Waals surface area (Å²) in [6, 6.07) is 5.07. The van der Waals surface area contributed by atoms with Crippen LogP contribution < -0.4 is 5.32 Å². The van der Waals surface area contributed by atoms with E-state index in [9.17, 15) is 0 Å². The largest absolute Gasteiger partial charge is 0.314 e. The van der Waals surface area contributed by atoms with Gasteiger partial charge in [-0.3, -0.25) is 0 Å². The van der Waals surface area contributed by atoms with E-state index in [0.29, 0.717) is 6.04 Å². The molecule has 1 unspecified atom stereocenters. The SMILES string of the molecule is CC(CC1CCCC1)NCCc1cccs1. The first-order chi connectivity index (χ1) is 7.84. The lowest BCUT2D eigenvalue weighted by atomic mass is 9.99. The zero-order valence-electron chi connectivity index (χ0n) is 10.2. The van der Waals surface area contributed by atoms with Crippen LogP contribution >= 0.6 is 11.3 Å². The summed E-state index contributed by atoms with van der Waals surface area (Å²) in [7, 11) is 0. The molecule has 0 aromatic carbocycles. The average Bonchev–Trinajstić information content (AvgIpc) is 2.90. The Hall–Kier alpha value is -0.340. The van der Waals surface area contributed by atoms with Crippen LogP contribution in [-0.2, 0) is 6.42 Å². The predicted molar refractivity (Wildman–Crippen MR) is 72.1 cm³/mol. The van der Waals surface area contributed by atoms with Gasteiger partial charge in [0.05, 0.1) is 0 Å². The Morgan fingerprint density at radius 1 is 1.44 bits per heavy atom. The Balaban J connectivity index is 1.58. The molecule has 0 saturated heterocycles. The first kappa shape index (κ1) is 12.1. The number of hydrogen-bond donors (Lipinski definition) is 1. The van der Waals surface area contributed by atoms with Gasteiger partial charge in [-0.05, 0) is 37.1 Å².